The summed E-state index contributed by atoms with van der Waals surface area (Å²) in [4.78, 5) is 28.5. The van der Waals surface area contributed by atoms with Crippen LogP contribution in [0.3, 0.4) is 0 Å². The number of morpholine rings is 1. The van der Waals surface area contributed by atoms with E-state index in [2.05, 4.69) is 5.32 Å². The fourth-order valence-electron chi connectivity index (χ4n) is 3.64. The number of nitrogens with one attached hydrogen (secondary N) is 1. The van der Waals surface area contributed by atoms with E-state index in [1.54, 1.807) is 41.3 Å². The predicted molar refractivity (Wildman–Crippen MR) is 110 cm³/mol. The van der Waals surface area contributed by atoms with E-state index in [-0.39, 0.29) is 24.8 Å². The van der Waals surface area contributed by atoms with E-state index >= 15 is 0 Å². The van der Waals surface area contributed by atoms with E-state index in [1.807, 2.05) is 4.90 Å². The molecule has 2 aromatic rings. The molecule has 152 valence electrons. The molecular weight excluding hydrogens is 397 g/mol. The Morgan fingerprint density at radius 1 is 1.14 bits per heavy atom. The molecule has 1 unspecified atom stereocenters. The van der Waals surface area contributed by atoms with E-state index < -0.39 is 11.7 Å². The molecule has 0 aliphatic carbocycles. The summed E-state index contributed by atoms with van der Waals surface area (Å²) in [5.74, 6) is -1.31. The lowest BCUT2D eigenvalue weighted by molar-refractivity contribution is -0.122. The topological polar surface area (TPSA) is 61.9 Å². The zero-order valence-corrected chi connectivity index (χ0v) is 16.5. The van der Waals surface area contributed by atoms with Crippen molar-refractivity contribution in [1.82, 2.24) is 0 Å². The maximum atomic E-state index is 14.5. The van der Waals surface area contributed by atoms with Crippen LogP contribution in [-0.2, 0) is 14.3 Å². The van der Waals surface area contributed by atoms with Crippen molar-refractivity contribution in [3.05, 3.63) is 53.3 Å². The van der Waals surface area contributed by atoms with Crippen LogP contribution in [-0.4, -0.2) is 44.7 Å². The van der Waals surface area contributed by atoms with E-state index in [0.717, 1.165) is 0 Å². The molecule has 0 saturated carbocycles. The first-order chi connectivity index (χ1) is 14.0. The summed E-state index contributed by atoms with van der Waals surface area (Å²) in [5, 5.41) is 3.32. The molecule has 29 heavy (non-hydrogen) atoms. The van der Waals surface area contributed by atoms with Crippen molar-refractivity contribution >= 4 is 40.5 Å². The number of carbonyl (C=O) groups is 2. The highest BCUT2D eigenvalue weighted by Crippen LogP contribution is 2.28. The van der Waals surface area contributed by atoms with Crippen LogP contribution in [0.4, 0.5) is 21.5 Å². The normalized spacial score (nSPS) is 19.5. The Hall–Kier alpha value is -2.64. The van der Waals surface area contributed by atoms with Crippen LogP contribution >= 0.6 is 11.6 Å². The lowest BCUT2D eigenvalue weighted by atomic mass is 10.1. The van der Waals surface area contributed by atoms with Crippen molar-refractivity contribution in [3.63, 3.8) is 0 Å². The van der Waals surface area contributed by atoms with Crippen molar-refractivity contribution in [3.8, 4) is 0 Å². The summed E-state index contributed by atoms with van der Waals surface area (Å²) in [6.45, 7) is 2.68. The second kappa shape index (κ2) is 8.39. The average molecular weight is 418 g/mol. The van der Waals surface area contributed by atoms with Gasteiger partial charge in [-0.1, -0.05) is 11.6 Å². The Balaban J connectivity index is 1.41. The third kappa shape index (κ3) is 4.36. The Morgan fingerprint density at radius 3 is 2.55 bits per heavy atom. The van der Waals surface area contributed by atoms with Gasteiger partial charge in [0.05, 0.1) is 24.8 Å². The molecule has 0 aromatic heterocycles. The second-order valence-electron chi connectivity index (χ2n) is 7.14. The molecule has 1 atom stereocenters. The monoisotopic (exact) mass is 417 g/mol. The summed E-state index contributed by atoms with van der Waals surface area (Å²) in [6.07, 6.45) is 0.114. The summed E-state index contributed by atoms with van der Waals surface area (Å²) in [5.41, 5.74) is 1.58. The molecule has 2 aromatic carbocycles. The molecule has 6 nitrogen and oxygen atoms in total. The fraction of sp³-hybridized carbons (Fsp3) is 0.333. The highest BCUT2D eigenvalue weighted by atomic mass is 35.5. The number of ether oxygens (including phenoxy) is 1. The van der Waals surface area contributed by atoms with Gasteiger partial charge in [-0.25, -0.2) is 4.39 Å². The molecule has 0 spiro atoms. The molecular formula is C21H21ClFN3O3. The smallest absolute Gasteiger partial charge is 0.229 e. The summed E-state index contributed by atoms with van der Waals surface area (Å²) in [6, 6.07) is 11.6. The van der Waals surface area contributed by atoms with Gasteiger partial charge >= 0.3 is 0 Å². The number of halogens is 2. The number of benzene rings is 2. The Bertz CT molecular complexity index is 916. The van der Waals surface area contributed by atoms with Gasteiger partial charge in [0.2, 0.25) is 11.8 Å². The van der Waals surface area contributed by atoms with Gasteiger partial charge in [0.1, 0.15) is 5.82 Å². The van der Waals surface area contributed by atoms with Crippen LogP contribution in [0.15, 0.2) is 42.5 Å². The van der Waals surface area contributed by atoms with Crippen LogP contribution in [0.1, 0.15) is 6.42 Å². The SMILES string of the molecule is O=C(Nc1ccc(N2CCOCC2)c(F)c1)C1CC(=O)N(c2ccc(Cl)cc2)C1. The summed E-state index contributed by atoms with van der Waals surface area (Å²) in [7, 11) is 0. The predicted octanol–water partition coefficient (Wildman–Crippen LogP) is 3.31. The molecule has 1 N–H and O–H groups in total. The number of anilines is 3. The van der Waals surface area contributed by atoms with E-state index in [9.17, 15) is 14.0 Å². The van der Waals surface area contributed by atoms with Crippen molar-refractivity contribution in [2.24, 2.45) is 5.92 Å². The van der Waals surface area contributed by atoms with Crippen molar-refractivity contribution in [2.75, 3.05) is 48.0 Å². The van der Waals surface area contributed by atoms with Crippen molar-refractivity contribution < 1.29 is 18.7 Å². The van der Waals surface area contributed by atoms with Gasteiger partial charge in [0, 0.05) is 42.5 Å². The van der Waals surface area contributed by atoms with Crippen LogP contribution < -0.4 is 15.1 Å². The van der Waals surface area contributed by atoms with Gasteiger partial charge in [0.15, 0.2) is 0 Å². The van der Waals surface area contributed by atoms with Crippen molar-refractivity contribution in [2.45, 2.75) is 6.42 Å². The maximum Gasteiger partial charge on any atom is 0.229 e. The second-order valence-corrected chi connectivity index (χ2v) is 7.57. The molecule has 2 fully saturated rings. The van der Waals surface area contributed by atoms with Gasteiger partial charge < -0.3 is 19.9 Å². The van der Waals surface area contributed by atoms with Crippen LogP contribution in [0.25, 0.3) is 0 Å². The first-order valence-electron chi connectivity index (χ1n) is 9.50. The highest BCUT2D eigenvalue weighted by Gasteiger charge is 2.35. The summed E-state index contributed by atoms with van der Waals surface area (Å²) < 4.78 is 19.8. The van der Waals surface area contributed by atoms with E-state index in [1.165, 1.54) is 6.07 Å². The molecule has 2 aliphatic rings. The third-order valence-corrected chi connectivity index (χ3v) is 5.45. The van der Waals surface area contributed by atoms with Gasteiger partial charge in [0.25, 0.3) is 0 Å². The molecule has 8 heteroatoms. The largest absolute Gasteiger partial charge is 0.378 e. The Morgan fingerprint density at radius 2 is 1.86 bits per heavy atom. The van der Waals surface area contributed by atoms with Crippen LogP contribution in [0.2, 0.25) is 5.02 Å². The zero-order chi connectivity index (χ0) is 20.4. The highest BCUT2D eigenvalue weighted by molar-refractivity contribution is 6.30. The fourth-order valence-corrected chi connectivity index (χ4v) is 3.77. The van der Waals surface area contributed by atoms with Crippen molar-refractivity contribution in [1.29, 1.82) is 0 Å². The lowest BCUT2D eigenvalue weighted by Gasteiger charge is -2.29. The van der Waals surface area contributed by atoms with Gasteiger partial charge in [-0.05, 0) is 42.5 Å². The number of rotatable bonds is 4. The van der Waals surface area contributed by atoms with E-state index in [0.29, 0.717) is 48.4 Å². The van der Waals surface area contributed by atoms with Gasteiger partial charge in [-0.2, -0.15) is 0 Å². The Labute approximate surface area is 173 Å². The quantitative estimate of drug-likeness (QED) is 0.829. The molecule has 2 heterocycles. The number of amides is 2. The van der Waals surface area contributed by atoms with Gasteiger partial charge in [-0.15, -0.1) is 0 Å². The average Bonchev–Trinajstić information content (AvgIpc) is 3.11. The molecule has 2 aliphatic heterocycles. The number of carbonyl (C=O) groups excluding carboxylic acids is 2. The zero-order valence-electron chi connectivity index (χ0n) is 15.7. The first-order valence-corrected chi connectivity index (χ1v) is 9.88. The van der Waals surface area contributed by atoms with Crippen LogP contribution in [0.5, 0.6) is 0 Å². The van der Waals surface area contributed by atoms with Gasteiger partial charge in [-0.3, -0.25) is 9.59 Å². The number of hydrogen-bond acceptors (Lipinski definition) is 4. The van der Waals surface area contributed by atoms with E-state index in [4.69, 9.17) is 16.3 Å². The number of nitrogens with zero attached hydrogens (tertiary/aromatic N) is 2. The molecule has 2 amide bonds. The first kappa shape index (κ1) is 19.7. The van der Waals surface area contributed by atoms with Crippen LogP contribution in [0, 0.1) is 11.7 Å². The minimum absolute atomic E-state index is 0.114. The standard InChI is InChI=1S/C21H21ClFN3O3/c22-15-1-4-17(5-2-15)26-13-14(11-20(26)27)21(28)24-16-3-6-19(18(23)12-16)25-7-9-29-10-8-25/h1-6,12,14H,7-11,13H2,(H,24,28). The summed E-state index contributed by atoms with van der Waals surface area (Å²) >= 11 is 5.89. The molecule has 0 radical (unpaired) electrons. The molecule has 2 saturated heterocycles. The third-order valence-electron chi connectivity index (χ3n) is 5.20. The Kier molecular flexibility index (Phi) is 5.69. The minimum Gasteiger partial charge on any atom is -0.378 e. The molecule has 0 bridgehead atoms. The minimum atomic E-state index is -0.500. The maximum absolute atomic E-state index is 14.5. The lowest BCUT2D eigenvalue weighted by Crippen LogP contribution is -2.36. The number of hydrogen-bond donors (Lipinski definition) is 1. The molecule has 4 rings (SSSR count).